The first-order valence-corrected chi connectivity index (χ1v) is 7.19. The number of amides is 1. The van der Waals surface area contributed by atoms with Crippen LogP contribution in [0.2, 0.25) is 0 Å². The van der Waals surface area contributed by atoms with E-state index in [1.54, 1.807) is 13.8 Å². The average Bonchev–Trinajstić information content (AvgIpc) is 2.72. The smallest absolute Gasteiger partial charge is 0.264 e. The summed E-state index contributed by atoms with van der Waals surface area (Å²) in [7, 11) is 0. The molecule has 0 aliphatic heterocycles. The lowest BCUT2D eigenvalue weighted by Gasteiger charge is -2.08. The molecule has 0 aromatic carbocycles. The highest BCUT2D eigenvalue weighted by Gasteiger charge is 2.20. The Balaban J connectivity index is 2.38. The summed E-state index contributed by atoms with van der Waals surface area (Å²) in [5.74, 6) is 0.130. The number of fused-ring (bicyclic) bond motifs is 1. The third-order valence-corrected chi connectivity index (χ3v) is 3.27. The fourth-order valence-electron chi connectivity index (χ4n) is 2.31. The Labute approximate surface area is 127 Å². The molecular weight excluding hydrogens is 290 g/mol. The van der Waals surface area contributed by atoms with Crippen molar-refractivity contribution in [2.45, 2.75) is 40.7 Å². The van der Waals surface area contributed by atoms with Crippen LogP contribution in [0, 0.1) is 19.8 Å². The topological polar surface area (TPSA) is 59.8 Å². The van der Waals surface area contributed by atoms with Crippen molar-refractivity contribution in [3.63, 3.8) is 0 Å². The van der Waals surface area contributed by atoms with Crippen LogP contribution in [-0.4, -0.2) is 27.2 Å². The summed E-state index contributed by atoms with van der Waals surface area (Å²) < 4.78 is 27.8. The molecule has 0 saturated heterocycles. The molecular formula is C15H20F2N4O. The zero-order chi connectivity index (χ0) is 16.4. The Morgan fingerprint density at radius 1 is 1.36 bits per heavy atom. The van der Waals surface area contributed by atoms with E-state index in [1.807, 2.05) is 13.8 Å². The lowest BCUT2D eigenvalue weighted by Crippen LogP contribution is -2.31. The third kappa shape index (κ3) is 3.40. The zero-order valence-electron chi connectivity index (χ0n) is 13.2. The largest absolute Gasteiger partial charge is 0.354 e. The van der Waals surface area contributed by atoms with Gasteiger partial charge in [-0.1, -0.05) is 13.8 Å². The van der Waals surface area contributed by atoms with Crippen LogP contribution in [0.4, 0.5) is 8.78 Å². The van der Waals surface area contributed by atoms with Gasteiger partial charge in [0.05, 0.1) is 11.1 Å². The van der Waals surface area contributed by atoms with Gasteiger partial charge >= 0.3 is 0 Å². The van der Waals surface area contributed by atoms with E-state index in [1.165, 1.54) is 10.7 Å². The number of aryl methyl sites for hydroxylation is 2. The number of hydrogen-bond acceptors (Lipinski definition) is 3. The van der Waals surface area contributed by atoms with Crippen LogP contribution >= 0.6 is 0 Å². The standard InChI is InChI=1S/C15H20F2N4O/c1-8(2)6-18-12(22)7-21-15-13(10(4)20-21)11(14(16)17)5-9(3)19-15/h5,8,14H,6-7H2,1-4H3,(H,18,22). The van der Waals surface area contributed by atoms with Gasteiger partial charge in [0.2, 0.25) is 5.91 Å². The fraction of sp³-hybridized carbons (Fsp3) is 0.533. The van der Waals surface area contributed by atoms with Gasteiger partial charge in [-0.3, -0.25) is 4.79 Å². The van der Waals surface area contributed by atoms with Crippen molar-refractivity contribution >= 4 is 16.9 Å². The predicted molar refractivity (Wildman–Crippen MR) is 79.8 cm³/mol. The van der Waals surface area contributed by atoms with Crippen LogP contribution in [0.15, 0.2) is 6.07 Å². The van der Waals surface area contributed by atoms with Gasteiger partial charge in [-0.25, -0.2) is 18.4 Å². The monoisotopic (exact) mass is 310 g/mol. The lowest BCUT2D eigenvalue weighted by molar-refractivity contribution is -0.121. The van der Waals surface area contributed by atoms with E-state index in [0.29, 0.717) is 34.9 Å². The van der Waals surface area contributed by atoms with Crippen LogP contribution < -0.4 is 5.32 Å². The molecule has 0 atom stereocenters. The predicted octanol–water partition coefficient (Wildman–Crippen LogP) is 2.76. The second-order valence-corrected chi connectivity index (χ2v) is 5.79. The van der Waals surface area contributed by atoms with Gasteiger partial charge in [-0.15, -0.1) is 0 Å². The Bertz CT molecular complexity index is 694. The number of alkyl halides is 2. The molecule has 0 aliphatic carbocycles. The van der Waals surface area contributed by atoms with Gasteiger partial charge < -0.3 is 5.32 Å². The van der Waals surface area contributed by atoms with Crippen molar-refractivity contribution in [1.29, 1.82) is 0 Å². The normalized spacial score (nSPS) is 11.6. The van der Waals surface area contributed by atoms with Crippen molar-refractivity contribution < 1.29 is 13.6 Å². The van der Waals surface area contributed by atoms with E-state index in [0.717, 1.165) is 0 Å². The highest BCUT2D eigenvalue weighted by Crippen LogP contribution is 2.29. The molecule has 0 fully saturated rings. The molecule has 2 rings (SSSR count). The minimum absolute atomic E-state index is 0.0316. The molecule has 2 aromatic rings. The highest BCUT2D eigenvalue weighted by atomic mass is 19.3. The summed E-state index contributed by atoms with van der Waals surface area (Å²) in [6.07, 6.45) is -2.60. The van der Waals surface area contributed by atoms with Crippen molar-refractivity contribution in [2.24, 2.45) is 5.92 Å². The van der Waals surface area contributed by atoms with Gasteiger partial charge in [0.1, 0.15) is 6.54 Å². The first kappa shape index (κ1) is 16.3. The summed E-state index contributed by atoms with van der Waals surface area (Å²) in [4.78, 5) is 16.2. The van der Waals surface area contributed by atoms with Gasteiger partial charge in [0, 0.05) is 17.8 Å². The van der Waals surface area contributed by atoms with Crippen molar-refractivity contribution in [1.82, 2.24) is 20.1 Å². The quantitative estimate of drug-likeness (QED) is 0.924. The zero-order valence-corrected chi connectivity index (χ0v) is 13.2. The van der Waals surface area contributed by atoms with Crippen LogP contribution in [0.25, 0.3) is 11.0 Å². The molecule has 0 spiro atoms. The average molecular weight is 310 g/mol. The van der Waals surface area contributed by atoms with Gasteiger partial charge in [-0.2, -0.15) is 5.10 Å². The molecule has 0 bridgehead atoms. The van der Waals surface area contributed by atoms with E-state index < -0.39 is 6.43 Å². The first-order chi connectivity index (χ1) is 10.3. The minimum atomic E-state index is -2.60. The summed E-state index contributed by atoms with van der Waals surface area (Å²) in [6, 6.07) is 1.37. The van der Waals surface area contributed by atoms with Gasteiger partial charge in [0.15, 0.2) is 5.65 Å². The van der Waals surface area contributed by atoms with E-state index in [-0.39, 0.29) is 18.0 Å². The van der Waals surface area contributed by atoms with Crippen LogP contribution in [-0.2, 0) is 11.3 Å². The molecule has 1 N–H and O–H groups in total. The van der Waals surface area contributed by atoms with Crippen molar-refractivity contribution in [2.75, 3.05) is 6.54 Å². The third-order valence-electron chi connectivity index (χ3n) is 3.27. The van der Waals surface area contributed by atoms with E-state index in [4.69, 9.17) is 0 Å². The number of carbonyl (C=O) groups excluding carboxylic acids is 1. The summed E-state index contributed by atoms with van der Waals surface area (Å²) in [5, 5.41) is 7.31. The second kappa shape index (κ2) is 6.37. The van der Waals surface area contributed by atoms with Gasteiger partial charge in [-0.05, 0) is 25.8 Å². The van der Waals surface area contributed by atoms with Gasteiger partial charge in [0.25, 0.3) is 6.43 Å². The van der Waals surface area contributed by atoms with Crippen LogP contribution in [0.1, 0.15) is 37.2 Å². The molecule has 0 radical (unpaired) electrons. The number of halogens is 2. The maximum absolute atomic E-state index is 13.2. The minimum Gasteiger partial charge on any atom is -0.354 e. The molecule has 2 heterocycles. The first-order valence-electron chi connectivity index (χ1n) is 7.19. The Kier molecular flexibility index (Phi) is 4.73. The van der Waals surface area contributed by atoms with Crippen LogP contribution in [0.5, 0.6) is 0 Å². The molecule has 22 heavy (non-hydrogen) atoms. The molecule has 5 nitrogen and oxygen atoms in total. The van der Waals surface area contributed by atoms with Crippen LogP contribution in [0.3, 0.4) is 0 Å². The molecule has 7 heteroatoms. The molecule has 2 aromatic heterocycles. The second-order valence-electron chi connectivity index (χ2n) is 5.79. The van der Waals surface area contributed by atoms with E-state index in [9.17, 15) is 13.6 Å². The Hall–Kier alpha value is -2.05. The van der Waals surface area contributed by atoms with Crippen molar-refractivity contribution in [3.05, 3.63) is 23.0 Å². The number of nitrogens with one attached hydrogen (secondary N) is 1. The number of rotatable bonds is 5. The molecule has 1 amide bonds. The van der Waals surface area contributed by atoms with Crippen molar-refractivity contribution in [3.8, 4) is 0 Å². The molecule has 0 unspecified atom stereocenters. The molecule has 0 aliphatic rings. The maximum atomic E-state index is 13.2. The number of aromatic nitrogens is 3. The number of carbonyl (C=O) groups is 1. The summed E-state index contributed by atoms with van der Waals surface area (Å²) in [5.41, 5.74) is 1.17. The van der Waals surface area contributed by atoms with E-state index in [2.05, 4.69) is 15.4 Å². The van der Waals surface area contributed by atoms with E-state index >= 15 is 0 Å². The Morgan fingerprint density at radius 3 is 2.64 bits per heavy atom. The number of nitrogens with zero attached hydrogens (tertiary/aromatic N) is 3. The Morgan fingerprint density at radius 2 is 2.05 bits per heavy atom. The molecule has 0 saturated carbocycles. The SMILES string of the molecule is Cc1cc(C(F)F)c2c(C)nn(CC(=O)NCC(C)C)c2n1. The summed E-state index contributed by atoms with van der Waals surface area (Å²) in [6.45, 7) is 7.81. The highest BCUT2D eigenvalue weighted by molar-refractivity contribution is 5.84. The molecule has 120 valence electrons. The maximum Gasteiger partial charge on any atom is 0.264 e. The fourth-order valence-corrected chi connectivity index (χ4v) is 2.31. The number of pyridine rings is 1. The lowest BCUT2D eigenvalue weighted by atomic mass is 10.1. The number of hydrogen-bond donors (Lipinski definition) is 1. The summed E-state index contributed by atoms with van der Waals surface area (Å²) >= 11 is 0.